The van der Waals surface area contributed by atoms with Crippen LogP contribution in [-0.2, 0) is 6.54 Å². The van der Waals surface area contributed by atoms with Crippen LogP contribution in [0.25, 0.3) is 0 Å². The minimum absolute atomic E-state index is 0. The van der Waals surface area contributed by atoms with Crippen LogP contribution in [-0.4, -0.2) is 29.5 Å². The molecule has 0 unspecified atom stereocenters. The Morgan fingerprint density at radius 3 is 2.72 bits per heavy atom. The zero-order chi connectivity index (χ0) is 13.1. The first-order valence-electron chi connectivity index (χ1n) is 5.11. The molecule has 0 bridgehead atoms. The summed E-state index contributed by atoms with van der Waals surface area (Å²) in [4.78, 5) is 11.7. The summed E-state index contributed by atoms with van der Waals surface area (Å²) in [5.41, 5.74) is 5.22. The van der Waals surface area contributed by atoms with Gasteiger partial charge < -0.3 is 15.6 Å². The number of aromatic nitrogens is 1. The Kier molecular flexibility index (Phi) is 6.80. The maximum atomic E-state index is 12.9. The molecular formula is C10H15BrClF2N3O. The first-order chi connectivity index (χ1) is 7.89. The second-order valence-electron chi connectivity index (χ2n) is 3.57. The molecule has 1 amide bonds. The summed E-state index contributed by atoms with van der Waals surface area (Å²) in [6, 6.07) is 1.58. The van der Waals surface area contributed by atoms with Gasteiger partial charge in [-0.25, -0.2) is 8.78 Å². The van der Waals surface area contributed by atoms with E-state index in [4.69, 9.17) is 5.73 Å². The van der Waals surface area contributed by atoms with Gasteiger partial charge in [0.2, 0.25) is 0 Å². The maximum absolute atomic E-state index is 12.9. The van der Waals surface area contributed by atoms with Crippen LogP contribution < -0.4 is 11.1 Å². The summed E-state index contributed by atoms with van der Waals surface area (Å²) >= 11 is 3.23. The number of hydrogen-bond donors (Lipinski definition) is 2. The molecule has 0 spiro atoms. The van der Waals surface area contributed by atoms with Gasteiger partial charge >= 0.3 is 0 Å². The van der Waals surface area contributed by atoms with Gasteiger partial charge in [0.05, 0.1) is 13.1 Å². The van der Waals surface area contributed by atoms with Crippen LogP contribution in [0.3, 0.4) is 0 Å². The molecule has 104 valence electrons. The number of rotatable bonds is 5. The Labute approximate surface area is 118 Å². The normalized spacial score (nSPS) is 10.9. The van der Waals surface area contributed by atoms with Gasteiger partial charge in [-0.05, 0) is 28.9 Å². The van der Waals surface area contributed by atoms with Crippen molar-refractivity contribution in [1.29, 1.82) is 0 Å². The van der Waals surface area contributed by atoms with Crippen LogP contribution in [0.1, 0.15) is 17.4 Å². The fourth-order valence-electron chi connectivity index (χ4n) is 1.30. The second kappa shape index (κ2) is 7.06. The number of nitrogens with one attached hydrogen (secondary N) is 1. The van der Waals surface area contributed by atoms with Crippen molar-refractivity contribution < 1.29 is 13.6 Å². The SMILES string of the molecule is CCn1cc(Br)cc1C(=O)NCC(F)(F)CN.Cl. The topological polar surface area (TPSA) is 60.0 Å². The summed E-state index contributed by atoms with van der Waals surface area (Å²) in [7, 11) is 0. The summed E-state index contributed by atoms with van der Waals surface area (Å²) in [6.07, 6.45) is 1.72. The third kappa shape index (κ3) is 4.55. The first kappa shape index (κ1) is 17.3. The van der Waals surface area contributed by atoms with Gasteiger partial charge in [0.15, 0.2) is 0 Å². The lowest BCUT2D eigenvalue weighted by Gasteiger charge is -2.14. The molecule has 4 nitrogen and oxygen atoms in total. The number of aryl methyl sites for hydroxylation is 1. The van der Waals surface area contributed by atoms with Crippen LogP contribution in [0.5, 0.6) is 0 Å². The van der Waals surface area contributed by atoms with E-state index in [1.165, 1.54) is 0 Å². The molecular weight excluding hydrogens is 331 g/mol. The molecule has 0 saturated heterocycles. The third-order valence-corrected chi connectivity index (χ3v) is 2.68. The van der Waals surface area contributed by atoms with Crippen LogP contribution in [0.15, 0.2) is 16.7 Å². The first-order valence-corrected chi connectivity index (χ1v) is 5.90. The third-order valence-electron chi connectivity index (χ3n) is 2.24. The fraction of sp³-hybridized carbons (Fsp3) is 0.500. The van der Waals surface area contributed by atoms with E-state index in [1.54, 1.807) is 16.8 Å². The van der Waals surface area contributed by atoms with Gasteiger partial charge in [0, 0.05) is 17.2 Å². The number of alkyl halides is 2. The van der Waals surface area contributed by atoms with E-state index < -0.39 is 24.9 Å². The van der Waals surface area contributed by atoms with Crippen molar-refractivity contribution in [3.63, 3.8) is 0 Å². The molecule has 1 rings (SSSR count). The molecule has 1 aromatic rings. The fourth-order valence-corrected chi connectivity index (χ4v) is 1.76. The van der Waals surface area contributed by atoms with E-state index in [2.05, 4.69) is 21.2 Å². The Bertz CT molecular complexity index is 412. The molecule has 18 heavy (non-hydrogen) atoms. The van der Waals surface area contributed by atoms with Gasteiger partial charge in [0.25, 0.3) is 11.8 Å². The lowest BCUT2D eigenvalue weighted by molar-refractivity contribution is 0.0117. The minimum atomic E-state index is -3.07. The average Bonchev–Trinajstić information content (AvgIpc) is 2.67. The molecule has 0 radical (unpaired) electrons. The lowest BCUT2D eigenvalue weighted by atomic mass is 10.3. The monoisotopic (exact) mass is 345 g/mol. The highest BCUT2D eigenvalue weighted by molar-refractivity contribution is 9.10. The van der Waals surface area contributed by atoms with Crippen molar-refractivity contribution in [2.45, 2.75) is 19.4 Å². The van der Waals surface area contributed by atoms with E-state index in [0.29, 0.717) is 12.2 Å². The number of halogens is 4. The highest BCUT2D eigenvalue weighted by atomic mass is 79.9. The van der Waals surface area contributed by atoms with E-state index in [-0.39, 0.29) is 12.4 Å². The van der Waals surface area contributed by atoms with Crippen molar-refractivity contribution in [1.82, 2.24) is 9.88 Å². The molecule has 0 aliphatic rings. The van der Waals surface area contributed by atoms with Crippen LogP contribution >= 0.6 is 28.3 Å². The molecule has 3 N–H and O–H groups in total. The Hall–Kier alpha value is -0.660. The van der Waals surface area contributed by atoms with Crippen molar-refractivity contribution in [2.24, 2.45) is 5.73 Å². The molecule has 0 aromatic carbocycles. The predicted molar refractivity (Wildman–Crippen MR) is 71.4 cm³/mol. The van der Waals surface area contributed by atoms with Crippen LogP contribution in [0, 0.1) is 0 Å². The number of nitrogens with zero attached hydrogens (tertiary/aromatic N) is 1. The molecule has 1 heterocycles. The largest absolute Gasteiger partial charge is 0.345 e. The van der Waals surface area contributed by atoms with Crippen molar-refractivity contribution in [3.05, 3.63) is 22.4 Å². The number of carbonyl (C=O) groups excluding carboxylic acids is 1. The van der Waals surface area contributed by atoms with E-state index in [1.807, 2.05) is 6.92 Å². The number of nitrogens with two attached hydrogens (primary N) is 1. The van der Waals surface area contributed by atoms with Crippen molar-refractivity contribution in [3.8, 4) is 0 Å². The van der Waals surface area contributed by atoms with Crippen LogP contribution in [0.2, 0.25) is 0 Å². The quantitative estimate of drug-likeness (QED) is 0.857. The molecule has 0 saturated carbocycles. The Morgan fingerprint density at radius 1 is 1.61 bits per heavy atom. The number of amides is 1. The summed E-state index contributed by atoms with van der Waals surface area (Å²) in [5, 5.41) is 2.17. The molecule has 0 aliphatic heterocycles. The van der Waals surface area contributed by atoms with Crippen molar-refractivity contribution >= 4 is 34.2 Å². The maximum Gasteiger partial charge on any atom is 0.277 e. The summed E-state index contributed by atoms with van der Waals surface area (Å²) in [6.45, 7) is 0.903. The van der Waals surface area contributed by atoms with Gasteiger partial charge in [-0.15, -0.1) is 12.4 Å². The standard InChI is InChI=1S/C10H14BrF2N3O.ClH/c1-2-16-4-7(11)3-8(16)9(17)15-6-10(12,13)5-14;/h3-4H,2,5-6,14H2,1H3,(H,15,17);1H. The zero-order valence-electron chi connectivity index (χ0n) is 9.75. The highest BCUT2D eigenvalue weighted by Gasteiger charge is 2.27. The Balaban J connectivity index is 0.00000289. The summed E-state index contributed by atoms with van der Waals surface area (Å²) in [5.74, 6) is -3.61. The van der Waals surface area contributed by atoms with E-state index >= 15 is 0 Å². The molecule has 0 aliphatic carbocycles. The van der Waals surface area contributed by atoms with Gasteiger partial charge in [-0.2, -0.15) is 0 Å². The minimum Gasteiger partial charge on any atom is -0.345 e. The lowest BCUT2D eigenvalue weighted by Crippen LogP contribution is -2.41. The van der Waals surface area contributed by atoms with E-state index in [0.717, 1.165) is 4.47 Å². The Morgan fingerprint density at radius 2 is 2.22 bits per heavy atom. The van der Waals surface area contributed by atoms with Crippen molar-refractivity contribution in [2.75, 3.05) is 13.1 Å². The average molecular weight is 347 g/mol. The highest BCUT2D eigenvalue weighted by Crippen LogP contribution is 2.15. The van der Waals surface area contributed by atoms with Gasteiger partial charge in [0.1, 0.15) is 5.69 Å². The predicted octanol–water partition coefficient (Wildman–Crippen LogP) is 2.02. The smallest absolute Gasteiger partial charge is 0.277 e. The van der Waals surface area contributed by atoms with Gasteiger partial charge in [-0.3, -0.25) is 4.79 Å². The summed E-state index contributed by atoms with van der Waals surface area (Å²) < 4.78 is 28.1. The van der Waals surface area contributed by atoms with E-state index in [9.17, 15) is 13.6 Å². The van der Waals surface area contributed by atoms with Gasteiger partial charge in [-0.1, -0.05) is 0 Å². The molecule has 8 heteroatoms. The number of hydrogen-bond acceptors (Lipinski definition) is 2. The number of carbonyl (C=O) groups is 1. The zero-order valence-corrected chi connectivity index (χ0v) is 12.2. The second-order valence-corrected chi connectivity index (χ2v) is 4.49. The molecule has 0 atom stereocenters. The van der Waals surface area contributed by atoms with Crippen LogP contribution in [0.4, 0.5) is 8.78 Å². The molecule has 1 aromatic heterocycles. The molecule has 0 fully saturated rings.